The van der Waals surface area contributed by atoms with Crippen LogP contribution in [0.4, 0.5) is 5.69 Å². The molecule has 3 rings (SSSR count). The molecule has 0 saturated carbocycles. The van der Waals surface area contributed by atoms with Gasteiger partial charge in [-0.15, -0.1) is 0 Å². The van der Waals surface area contributed by atoms with E-state index in [4.69, 9.17) is 17.0 Å². The van der Waals surface area contributed by atoms with Gasteiger partial charge in [0.1, 0.15) is 5.75 Å². The van der Waals surface area contributed by atoms with E-state index in [9.17, 15) is 14.7 Å². The van der Waals surface area contributed by atoms with Crippen molar-refractivity contribution in [1.29, 1.82) is 0 Å². The third-order valence-electron chi connectivity index (χ3n) is 3.95. The van der Waals surface area contributed by atoms with Crippen LogP contribution in [-0.2, 0) is 0 Å². The van der Waals surface area contributed by atoms with Crippen LogP contribution in [0, 0.1) is 0 Å². The predicted octanol–water partition coefficient (Wildman–Crippen LogP) is 3.67. The number of hydrogen-bond donors (Lipinski definition) is 3. The first-order chi connectivity index (χ1) is 13.0. The van der Waals surface area contributed by atoms with Crippen LogP contribution >= 0.6 is 12.2 Å². The van der Waals surface area contributed by atoms with Gasteiger partial charge in [0.15, 0.2) is 5.11 Å². The molecule has 27 heavy (non-hydrogen) atoms. The fraction of sp³-hybridized carbons (Fsp3) is 0.0500. The van der Waals surface area contributed by atoms with Gasteiger partial charge >= 0.3 is 5.97 Å². The molecule has 0 heterocycles. The Bertz CT molecular complexity index is 1050. The SMILES string of the molecule is COc1cc2ccccc2cc1C(=O)NC(=S)Nc1ccccc1C(=O)O. The quantitative estimate of drug-likeness (QED) is 0.599. The van der Waals surface area contributed by atoms with Crippen molar-refractivity contribution in [3.63, 3.8) is 0 Å². The molecular formula is C20H16N2O4S. The summed E-state index contributed by atoms with van der Waals surface area (Å²) in [6.45, 7) is 0. The van der Waals surface area contributed by atoms with E-state index in [1.807, 2.05) is 24.3 Å². The standard InChI is InChI=1S/C20H16N2O4S/c1-26-17-11-13-7-3-2-6-12(13)10-15(17)18(23)22-20(27)21-16-9-5-4-8-14(16)19(24)25/h2-11H,1H3,(H,24,25)(H2,21,22,23,27). The second kappa shape index (κ2) is 7.84. The number of fused-ring (bicyclic) bond motifs is 1. The number of benzene rings is 3. The summed E-state index contributed by atoms with van der Waals surface area (Å²) in [6.07, 6.45) is 0. The summed E-state index contributed by atoms with van der Waals surface area (Å²) in [4.78, 5) is 23.9. The number of carboxylic acids is 1. The minimum absolute atomic E-state index is 0.0103. The van der Waals surface area contributed by atoms with Crippen molar-refractivity contribution in [2.24, 2.45) is 0 Å². The first-order valence-electron chi connectivity index (χ1n) is 8.01. The summed E-state index contributed by atoms with van der Waals surface area (Å²) in [5, 5.41) is 16.3. The first-order valence-corrected chi connectivity index (χ1v) is 8.42. The molecule has 0 radical (unpaired) electrons. The topological polar surface area (TPSA) is 87.7 Å². The summed E-state index contributed by atoms with van der Waals surface area (Å²) < 4.78 is 5.32. The summed E-state index contributed by atoms with van der Waals surface area (Å²) in [6, 6.07) is 17.4. The van der Waals surface area contributed by atoms with Gasteiger partial charge in [0.2, 0.25) is 0 Å². The van der Waals surface area contributed by atoms with Gasteiger partial charge in [-0.2, -0.15) is 0 Å². The Labute approximate surface area is 160 Å². The molecule has 3 N–H and O–H groups in total. The van der Waals surface area contributed by atoms with Crippen LogP contribution in [-0.4, -0.2) is 29.2 Å². The average molecular weight is 380 g/mol. The van der Waals surface area contributed by atoms with Crippen LogP contribution in [0.5, 0.6) is 5.75 Å². The lowest BCUT2D eigenvalue weighted by Gasteiger charge is -2.13. The average Bonchev–Trinajstić information content (AvgIpc) is 2.67. The van der Waals surface area contributed by atoms with Crippen LogP contribution < -0.4 is 15.4 Å². The van der Waals surface area contributed by atoms with Crippen molar-refractivity contribution >= 4 is 45.7 Å². The van der Waals surface area contributed by atoms with E-state index in [-0.39, 0.29) is 10.7 Å². The van der Waals surface area contributed by atoms with Gasteiger partial charge in [-0.05, 0) is 47.3 Å². The molecule has 6 nitrogen and oxygen atoms in total. The van der Waals surface area contributed by atoms with Crippen molar-refractivity contribution in [1.82, 2.24) is 5.32 Å². The zero-order chi connectivity index (χ0) is 19.4. The fourth-order valence-corrected chi connectivity index (χ4v) is 2.87. The minimum Gasteiger partial charge on any atom is -0.496 e. The molecule has 0 aliphatic carbocycles. The number of thiocarbonyl (C=S) groups is 1. The second-order valence-electron chi connectivity index (χ2n) is 5.66. The number of para-hydroxylation sites is 1. The highest BCUT2D eigenvalue weighted by Gasteiger charge is 2.16. The van der Waals surface area contributed by atoms with Gasteiger partial charge in [-0.1, -0.05) is 36.4 Å². The Morgan fingerprint density at radius 1 is 0.963 bits per heavy atom. The molecule has 0 saturated heterocycles. The number of rotatable bonds is 4. The second-order valence-corrected chi connectivity index (χ2v) is 6.07. The monoisotopic (exact) mass is 380 g/mol. The maximum absolute atomic E-state index is 12.7. The molecule has 0 aliphatic rings. The number of methoxy groups -OCH3 is 1. The van der Waals surface area contributed by atoms with Crippen LogP contribution in [0.2, 0.25) is 0 Å². The van der Waals surface area contributed by atoms with Crippen molar-refractivity contribution in [3.8, 4) is 5.75 Å². The molecule has 0 unspecified atom stereocenters. The van der Waals surface area contributed by atoms with Gasteiger partial charge in [0.05, 0.1) is 23.9 Å². The van der Waals surface area contributed by atoms with Gasteiger partial charge in [0, 0.05) is 0 Å². The van der Waals surface area contributed by atoms with E-state index in [1.165, 1.54) is 13.2 Å². The lowest BCUT2D eigenvalue weighted by molar-refractivity contribution is 0.0697. The summed E-state index contributed by atoms with van der Waals surface area (Å²) in [5.41, 5.74) is 0.671. The fourth-order valence-electron chi connectivity index (χ4n) is 2.67. The highest BCUT2D eigenvalue weighted by atomic mass is 32.1. The Morgan fingerprint density at radius 3 is 2.26 bits per heavy atom. The molecular weight excluding hydrogens is 364 g/mol. The molecule has 0 spiro atoms. The Morgan fingerprint density at radius 2 is 1.59 bits per heavy atom. The van der Waals surface area contributed by atoms with Crippen molar-refractivity contribution in [2.75, 3.05) is 12.4 Å². The summed E-state index contributed by atoms with van der Waals surface area (Å²) >= 11 is 5.16. The summed E-state index contributed by atoms with van der Waals surface area (Å²) in [5.74, 6) is -1.13. The zero-order valence-corrected chi connectivity index (χ0v) is 15.2. The number of aromatic carboxylic acids is 1. The minimum atomic E-state index is -1.09. The third-order valence-corrected chi connectivity index (χ3v) is 4.15. The maximum Gasteiger partial charge on any atom is 0.337 e. The largest absolute Gasteiger partial charge is 0.496 e. The highest BCUT2D eigenvalue weighted by molar-refractivity contribution is 7.80. The van der Waals surface area contributed by atoms with E-state index in [0.717, 1.165) is 10.8 Å². The molecule has 3 aromatic rings. The maximum atomic E-state index is 12.7. The van der Waals surface area contributed by atoms with Crippen LogP contribution in [0.15, 0.2) is 60.7 Å². The lowest BCUT2D eigenvalue weighted by atomic mass is 10.1. The molecule has 0 atom stereocenters. The highest BCUT2D eigenvalue weighted by Crippen LogP contribution is 2.26. The van der Waals surface area contributed by atoms with Gasteiger partial charge in [-0.25, -0.2) is 4.79 Å². The first kappa shape index (κ1) is 18.3. The van der Waals surface area contributed by atoms with Crippen LogP contribution in [0.25, 0.3) is 10.8 Å². The molecule has 0 aliphatic heterocycles. The molecule has 1 amide bonds. The van der Waals surface area contributed by atoms with Gasteiger partial charge < -0.3 is 15.2 Å². The number of carbonyl (C=O) groups is 2. The van der Waals surface area contributed by atoms with E-state index in [0.29, 0.717) is 17.0 Å². The number of nitrogens with one attached hydrogen (secondary N) is 2. The van der Waals surface area contributed by atoms with Crippen molar-refractivity contribution in [2.45, 2.75) is 0 Å². The van der Waals surface area contributed by atoms with E-state index in [1.54, 1.807) is 30.3 Å². The lowest BCUT2D eigenvalue weighted by Crippen LogP contribution is -2.34. The van der Waals surface area contributed by atoms with Gasteiger partial charge in [0.25, 0.3) is 5.91 Å². The smallest absolute Gasteiger partial charge is 0.337 e. The molecule has 0 bridgehead atoms. The molecule has 3 aromatic carbocycles. The predicted molar refractivity (Wildman–Crippen MR) is 108 cm³/mol. The Hall–Kier alpha value is -3.45. The molecule has 7 heteroatoms. The van der Waals surface area contributed by atoms with Crippen LogP contribution in [0.3, 0.4) is 0 Å². The molecule has 136 valence electrons. The molecule has 0 fully saturated rings. The van der Waals surface area contributed by atoms with E-state index < -0.39 is 11.9 Å². The Kier molecular flexibility index (Phi) is 5.33. The number of ether oxygens (including phenoxy) is 1. The normalized spacial score (nSPS) is 10.3. The van der Waals surface area contributed by atoms with Crippen molar-refractivity contribution in [3.05, 3.63) is 71.8 Å². The number of anilines is 1. The van der Waals surface area contributed by atoms with Gasteiger partial charge in [-0.3, -0.25) is 10.1 Å². The van der Waals surface area contributed by atoms with E-state index >= 15 is 0 Å². The number of amides is 1. The Balaban J connectivity index is 1.82. The third kappa shape index (κ3) is 4.04. The number of hydrogen-bond acceptors (Lipinski definition) is 4. The zero-order valence-electron chi connectivity index (χ0n) is 14.4. The van der Waals surface area contributed by atoms with Crippen LogP contribution in [0.1, 0.15) is 20.7 Å². The van der Waals surface area contributed by atoms with E-state index in [2.05, 4.69) is 10.6 Å². The number of carboxylic acid groups (broad SMARTS) is 1. The van der Waals surface area contributed by atoms with Crippen molar-refractivity contribution < 1.29 is 19.4 Å². The summed E-state index contributed by atoms with van der Waals surface area (Å²) in [7, 11) is 1.49. The molecule has 0 aromatic heterocycles. The number of carbonyl (C=O) groups excluding carboxylic acids is 1.